The predicted molar refractivity (Wildman–Crippen MR) is 96.9 cm³/mol. The van der Waals surface area contributed by atoms with Crippen molar-refractivity contribution in [1.29, 1.82) is 0 Å². The van der Waals surface area contributed by atoms with Gasteiger partial charge in [0.2, 0.25) is 0 Å². The minimum absolute atomic E-state index is 0.294. The van der Waals surface area contributed by atoms with Crippen LogP contribution in [0.5, 0.6) is 0 Å². The first-order chi connectivity index (χ1) is 10.9. The van der Waals surface area contributed by atoms with E-state index in [0.717, 1.165) is 22.9 Å². The number of thiocarbonyl (C=S) groups is 1. The van der Waals surface area contributed by atoms with E-state index in [0.29, 0.717) is 15.6 Å². The summed E-state index contributed by atoms with van der Waals surface area (Å²) < 4.78 is 0.294. The van der Waals surface area contributed by atoms with Gasteiger partial charge in [0.05, 0.1) is 4.91 Å². The normalized spacial score (nSPS) is 18.6. The van der Waals surface area contributed by atoms with Gasteiger partial charge >= 0.3 is 5.97 Å². The SMILES string of the molecule is CC[C@@H](C(=O)O)N1C(=O)/C(=C\C(C)=C\c2ccccc2)SC1=S. The number of hydrogen-bond donors (Lipinski definition) is 1. The highest BCUT2D eigenvalue weighted by molar-refractivity contribution is 8.26. The minimum Gasteiger partial charge on any atom is -0.480 e. The van der Waals surface area contributed by atoms with E-state index in [1.165, 1.54) is 4.90 Å². The Morgan fingerprint density at radius 2 is 2.04 bits per heavy atom. The Morgan fingerprint density at radius 1 is 1.39 bits per heavy atom. The van der Waals surface area contributed by atoms with Crippen LogP contribution >= 0.6 is 24.0 Å². The van der Waals surface area contributed by atoms with E-state index in [4.69, 9.17) is 12.2 Å². The molecule has 0 spiro atoms. The first kappa shape index (κ1) is 17.4. The second kappa shape index (κ2) is 7.57. The third-order valence-electron chi connectivity index (χ3n) is 3.36. The van der Waals surface area contributed by atoms with Crippen LogP contribution in [0.2, 0.25) is 0 Å². The molecule has 1 N–H and O–H groups in total. The van der Waals surface area contributed by atoms with E-state index < -0.39 is 12.0 Å². The molecule has 0 aromatic heterocycles. The molecule has 1 aromatic rings. The van der Waals surface area contributed by atoms with Gasteiger partial charge in [-0.1, -0.05) is 67.3 Å². The highest BCUT2D eigenvalue weighted by Gasteiger charge is 2.39. The van der Waals surface area contributed by atoms with Gasteiger partial charge in [-0.15, -0.1) is 0 Å². The lowest BCUT2D eigenvalue weighted by Crippen LogP contribution is -2.43. The highest BCUT2D eigenvalue weighted by atomic mass is 32.2. The number of hydrogen-bond acceptors (Lipinski definition) is 4. The summed E-state index contributed by atoms with van der Waals surface area (Å²) in [6.07, 6.45) is 4.02. The van der Waals surface area contributed by atoms with E-state index in [9.17, 15) is 14.7 Å². The summed E-state index contributed by atoms with van der Waals surface area (Å²) in [6.45, 7) is 3.62. The zero-order chi connectivity index (χ0) is 17.0. The van der Waals surface area contributed by atoms with Crippen molar-refractivity contribution in [3.05, 3.63) is 52.4 Å². The second-order valence-corrected chi connectivity index (χ2v) is 6.79. The molecule has 0 unspecified atom stereocenters. The lowest BCUT2D eigenvalue weighted by molar-refractivity contribution is -0.145. The number of rotatable bonds is 5. The molecule has 0 bridgehead atoms. The molecule has 2 rings (SSSR count). The monoisotopic (exact) mass is 347 g/mol. The summed E-state index contributed by atoms with van der Waals surface area (Å²) in [6, 6.07) is 8.86. The fraction of sp³-hybridized carbons (Fsp3) is 0.235. The van der Waals surface area contributed by atoms with Crippen molar-refractivity contribution in [2.24, 2.45) is 0 Å². The van der Waals surface area contributed by atoms with Gasteiger partial charge in [0.15, 0.2) is 0 Å². The van der Waals surface area contributed by atoms with Gasteiger partial charge in [-0.2, -0.15) is 0 Å². The molecule has 0 radical (unpaired) electrons. The third kappa shape index (κ3) is 4.09. The standard InChI is InChI=1S/C17H17NO3S2/c1-3-13(16(20)21)18-15(19)14(23-17(18)22)10-11(2)9-12-7-5-4-6-8-12/h4-10,13H,3H2,1-2H3,(H,20,21)/b11-9+,14-10+/t13-/m0/s1. The molecule has 4 nitrogen and oxygen atoms in total. The Kier molecular flexibility index (Phi) is 5.74. The molecule has 23 heavy (non-hydrogen) atoms. The zero-order valence-electron chi connectivity index (χ0n) is 12.9. The molecule has 1 aromatic carbocycles. The molecule has 1 aliphatic heterocycles. The molecule has 0 saturated carbocycles. The fourth-order valence-corrected chi connectivity index (χ4v) is 3.68. The number of carbonyl (C=O) groups is 2. The van der Waals surface area contributed by atoms with E-state index in [1.54, 1.807) is 13.0 Å². The molecule has 1 aliphatic rings. The van der Waals surface area contributed by atoms with Crippen molar-refractivity contribution in [3.63, 3.8) is 0 Å². The maximum atomic E-state index is 12.5. The minimum atomic E-state index is -1.04. The van der Waals surface area contributed by atoms with Gasteiger partial charge in [-0.05, 0) is 30.6 Å². The van der Waals surface area contributed by atoms with Crippen LogP contribution in [0.3, 0.4) is 0 Å². The molecule has 0 aliphatic carbocycles. The molecular weight excluding hydrogens is 330 g/mol. The lowest BCUT2D eigenvalue weighted by atomic mass is 10.1. The Hall–Kier alpha value is -1.92. The number of amides is 1. The van der Waals surface area contributed by atoms with Crippen LogP contribution in [0.25, 0.3) is 6.08 Å². The number of carbonyl (C=O) groups excluding carboxylic acids is 1. The predicted octanol–water partition coefficient (Wildman–Crippen LogP) is 3.70. The van der Waals surface area contributed by atoms with Gasteiger partial charge in [-0.3, -0.25) is 9.69 Å². The van der Waals surface area contributed by atoms with Gasteiger partial charge in [0.25, 0.3) is 5.91 Å². The van der Waals surface area contributed by atoms with Crippen LogP contribution in [0.15, 0.2) is 46.9 Å². The highest BCUT2D eigenvalue weighted by Crippen LogP contribution is 2.34. The van der Waals surface area contributed by atoms with Crippen molar-refractivity contribution >= 4 is 46.3 Å². The maximum Gasteiger partial charge on any atom is 0.326 e. The van der Waals surface area contributed by atoms with Crippen LogP contribution in [0.1, 0.15) is 25.8 Å². The third-order valence-corrected chi connectivity index (χ3v) is 4.69. The van der Waals surface area contributed by atoms with Gasteiger partial charge in [0, 0.05) is 0 Å². The maximum absolute atomic E-state index is 12.5. The Bertz CT molecular complexity index is 695. The summed E-state index contributed by atoms with van der Waals surface area (Å²) in [5.74, 6) is -1.38. The Morgan fingerprint density at radius 3 is 2.61 bits per heavy atom. The van der Waals surface area contributed by atoms with Crippen LogP contribution in [-0.2, 0) is 9.59 Å². The number of carboxylic acid groups (broad SMARTS) is 1. The number of carboxylic acids is 1. The number of allylic oxidation sites excluding steroid dienone is 2. The first-order valence-corrected chi connectivity index (χ1v) is 8.39. The van der Waals surface area contributed by atoms with E-state index in [2.05, 4.69) is 0 Å². The number of aliphatic carboxylic acids is 1. The topological polar surface area (TPSA) is 57.6 Å². The summed E-state index contributed by atoms with van der Waals surface area (Å²) in [5.41, 5.74) is 1.94. The number of benzene rings is 1. The Balaban J connectivity index is 2.25. The summed E-state index contributed by atoms with van der Waals surface area (Å²) in [5, 5.41) is 9.24. The smallest absolute Gasteiger partial charge is 0.326 e. The van der Waals surface area contributed by atoms with Gasteiger partial charge in [0.1, 0.15) is 10.4 Å². The van der Waals surface area contributed by atoms with Crippen molar-refractivity contribution in [2.75, 3.05) is 0 Å². The summed E-state index contributed by atoms with van der Waals surface area (Å²) >= 11 is 6.33. The summed E-state index contributed by atoms with van der Waals surface area (Å²) in [4.78, 5) is 25.4. The van der Waals surface area contributed by atoms with Gasteiger partial charge < -0.3 is 5.11 Å². The van der Waals surface area contributed by atoms with Crippen molar-refractivity contribution in [2.45, 2.75) is 26.3 Å². The van der Waals surface area contributed by atoms with Crippen LogP contribution in [0.4, 0.5) is 0 Å². The zero-order valence-corrected chi connectivity index (χ0v) is 14.5. The molecular formula is C17H17NO3S2. The first-order valence-electron chi connectivity index (χ1n) is 7.17. The molecule has 1 amide bonds. The molecule has 1 heterocycles. The fourth-order valence-electron chi connectivity index (χ4n) is 2.28. The van der Waals surface area contributed by atoms with E-state index in [1.807, 2.05) is 43.3 Å². The van der Waals surface area contributed by atoms with Gasteiger partial charge in [-0.25, -0.2) is 4.79 Å². The average Bonchev–Trinajstić information content (AvgIpc) is 2.76. The van der Waals surface area contributed by atoms with Crippen LogP contribution < -0.4 is 0 Å². The van der Waals surface area contributed by atoms with E-state index in [-0.39, 0.29) is 5.91 Å². The molecule has 1 atom stereocenters. The van der Waals surface area contributed by atoms with E-state index >= 15 is 0 Å². The second-order valence-electron chi connectivity index (χ2n) is 5.11. The number of thioether (sulfide) groups is 1. The molecule has 1 fully saturated rings. The van der Waals surface area contributed by atoms with Crippen molar-refractivity contribution in [3.8, 4) is 0 Å². The lowest BCUT2D eigenvalue weighted by Gasteiger charge is -2.21. The molecule has 120 valence electrons. The average molecular weight is 347 g/mol. The molecule has 1 saturated heterocycles. The van der Waals surface area contributed by atoms with Crippen molar-refractivity contribution < 1.29 is 14.7 Å². The van der Waals surface area contributed by atoms with Crippen LogP contribution in [-0.4, -0.2) is 32.2 Å². The Labute approximate surface area is 144 Å². The van der Waals surface area contributed by atoms with Crippen LogP contribution in [0, 0.1) is 0 Å². The quantitative estimate of drug-likeness (QED) is 0.650. The number of nitrogens with zero attached hydrogens (tertiary/aromatic N) is 1. The summed E-state index contributed by atoms with van der Waals surface area (Å²) in [7, 11) is 0. The molecule has 6 heteroatoms. The van der Waals surface area contributed by atoms with Crippen molar-refractivity contribution in [1.82, 2.24) is 4.90 Å². The largest absolute Gasteiger partial charge is 0.480 e.